The second kappa shape index (κ2) is 8.29. The molecule has 0 fully saturated rings. The molecule has 1 heterocycles. The van der Waals surface area contributed by atoms with Crippen LogP contribution in [0.5, 0.6) is 0 Å². The maximum atomic E-state index is 12.5. The SMILES string of the molecule is COC(C)N(C(=O)C(C)[n+]1cc[nH]c1)C(C)OC.[Br-]. The zero-order valence-corrected chi connectivity index (χ0v) is 13.5. The maximum Gasteiger partial charge on any atom is 0.271 e. The van der Waals surface area contributed by atoms with Crippen LogP contribution in [0.4, 0.5) is 0 Å². The van der Waals surface area contributed by atoms with Crippen molar-refractivity contribution < 1.29 is 35.8 Å². The summed E-state index contributed by atoms with van der Waals surface area (Å²) in [6, 6.07) is -0.313. The normalized spacial score (nSPS) is 15.2. The van der Waals surface area contributed by atoms with Crippen LogP contribution < -0.4 is 21.5 Å². The molecule has 1 N–H and O–H groups in total. The Hall–Kier alpha value is -0.920. The monoisotopic (exact) mass is 335 g/mol. The fraction of sp³-hybridized carbons (Fsp3) is 0.667. The van der Waals surface area contributed by atoms with Crippen LogP contribution in [0, 0.1) is 0 Å². The van der Waals surface area contributed by atoms with Gasteiger partial charge < -0.3 is 26.5 Å². The van der Waals surface area contributed by atoms with Crippen molar-refractivity contribution in [2.45, 2.75) is 39.3 Å². The largest absolute Gasteiger partial charge is 1.00 e. The highest BCUT2D eigenvalue weighted by molar-refractivity contribution is 5.78. The molecule has 0 aliphatic rings. The van der Waals surface area contributed by atoms with E-state index in [1.54, 1.807) is 36.2 Å². The first kappa shape index (κ1) is 18.1. The van der Waals surface area contributed by atoms with E-state index in [4.69, 9.17) is 9.47 Å². The van der Waals surface area contributed by atoms with Crippen LogP contribution in [0.2, 0.25) is 0 Å². The number of halogens is 1. The van der Waals surface area contributed by atoms with Crippen LogP contribution in [-0.4, -0.2) is 42.5 Å². The minimum atomic E-state index is -0.338. The standard InChI is InChI=1S/C12H21N3O3.BrH/c1-9(14-7-6-13-8-14)12(16)15(10(2)17-4)11(3)18-5;/h6-11H,1-5H3;1H. The molecule has 110 valence electrons. The Morgan fingerprint density at radius 2 is 1.74 bits per heavy atom. The Morgan fingerprint density at radius 3 is 2.11 bits per heavy atom. The van der Waals surface area contributed by atoms with Crippen LogP contribution in [0.3, 0.4) is 0 Å². The molecule has 0 saturated heterocycles. The van der Waals surface area contributed by atoms with Gasteiger partial charge in [0.25, 0.3) is 5.91 Å². The molecule has 7 heteroatoms. The highest BCUT2D eigenvalue weighted by Crippen LogP contribution is 2.12. The van der Waals surface area contributed by atoms with Crippen molar-refractivity contribution in [2.75, 3.05) is 14.2 Å². The van der Waals surface area contributed by atoms with E-state index < -0.39 is 0 Å². The zero-order chi connectivity index (χ0) is 13.7. The molecule has 0 aromatic carbocycles. The van der Waals surface area contributed by atoms with Gasteiger partial charge in [0.2, 0.25) is 6.33 Å². The number of ether oxygens (including phenoxy) is 2. The Bertz CT molecular complexity index is 362. The fourth-order valence-electron chi connectivity index (χ4n) is 1.77. The first-order valence-electron chi connectivity index (χ1n) is 5.94. The first-order valence-corrected chi connectivity index (χ1v) is 5.94. The molecule has 0 aliphatic heterocycles. The van der Waals surface area contributed by atoms with Gasteiger partial charge in [-0.05, 0) is 20.8 Å². The topological polar surface area (TPSA) is 58.4 Å². The quantitative estimate of drug-likeness (QED) is 0.469. The van der Waals surface area contributed by atoms with E-state index in [2.05, 4.69) is 4.98 Å². The molecular formula is C12H22BrN3O3. The lowest BCUT2D eigenvalue weighted by Crippen LogP contribution is -3.00. The first-order chi connectivity index (χ1) is 8.52. The van der Waals surface area contributed by atoms with Gasteiger partial charge in [0.1, 0.15) is 24.8 Å². The summed E-state index contributed by atoms with van der Waals surface area (Å²) in [6.45, 7) is 5.48. The molecule has 1 aromatic rings. The number of methoxy groups -OCH3 is 2. The Labute approximate surface area is 124 Å². The highest BCUT2D eigenvalue weighted by Gasteiger charge is 2.32. The number of carbonyl (C=O) groups excluding carboxylic acids is 1. The summed E-state index contributed by atoms with van der Waals surface area (Å²) in [6.07, 6.45) is 4.66. The van der Waals surface area contributed by atoms with Gasteiger partial charge in [0.15, 0.2) is 6.04 Å². The van der Waals surface area contributed by atoms with Crippen molar-refractivity contribution in [1.29, 1.82) is 0 Å². The van der Waals surface area contributed by atoms with Crippen LogP contribution in [0.15, 0.2) is 18.7 Å². The third-order valence-electron chi connectivity index (χ3n) is 3.09. The molecule has 1 aromatic heterocycles. The number of aromatic amines is 1. The Kier molecular flexibility index (Phi) is 7.89. The van der Waals surface area contributed by atoms with E-state index in [1.807, 2.05) is 27.0 Å². The smallest absolute Gasteiger partial charge is 0.271 e. The molecule has 3 unspecified atom stereocenters. The minimum Gasteiger partial charge on any atom is -1.00 e. The van der Waals surface area contributed by atoms with Crippen molar-refractivity contribution in [1.82, 2.24) is 9.88 Å². The molecule has 0 saturated carbocycles. The van der Waals surface area contributed by atoms with Crippen molar-refractivity contribution in [3.8, 4) is 0 Å². The molecule has 3 atom stereocenters. The molecule has 0 bridgehead atoms. The second-order valence-electron chi connectivity index (χ2n) is 4.15. The predicted molar refractivity (Wildman–Crippen MR) is 65.5 cm³/mol. The van der Waals surface area contributed by atoms with Crippen LogP contribution >= 0.6 is 0 Å². The number of rotatable bonds is 6. The third kappa shape index (κ3) is 4.29. The van der Waals surface area contributed by atoms with Gasteiger partial charge in [0, 0.05) is 14.2 Å². The van der Waals surface area contributed by atoms with Gasteiger partial charge in [-0.2, -0.15) is 0 Å². The van der Waals surface area contributed by atoms with E-state index in [1.165, 1.54) is 0 Å². The predicted octanol–water partition coefficient (Wildman–Crippen LogP) is -2.32. The lowest BCUT2D eigenvalue weighted by Gasteiger charge is -2.33. The molecule has 0 radical (unpaired) electrons. The number of amides is 1. The van der Waals surface area contributed by atoms with Crippen molar-refractivity contribution in [3.05, 3.63) is 18.7 Å². The Balaban J connectivity index is 0.00000324. The molecule has 1 rings (SSSR count). The number of hydrogen-bond donors (Lipinski definition) is 1. The van der Waals surface area contributed by atoms with Crippen LogP contribution in [0.1, 0.15) is 26.8 Å². The molecule has 6 nitrogen and oxygen atoms in total. The van der Waals surface area contributed by atoms with E-state index >= 15 is 0 Å². The van der Waals surface area contributed by atoms with Gasteiger partial charge in [-0.25, -0.2) is 4.57 Å². The summed E-state index contributed by atoms with van der Waals surface area (Å²) in [5.41, 5.74) is 0. The second-order valence-corrected chi connectivity index (χ2v) is 4.15. The number of H-pyrrole nitrogens is 1. The van der Waals surface area contributed by atoms with Crippen molar-refractivity contribution >= 4 is 5.91 Å². The summed E-state index contributed by atoms with van der Waals surface area (Å²) in [4.78, 5) is 17.0. The number of carbonyl (C=O) groups is 1. The van der Waals surface area contributed by atoms with Crippen LogP contribution in [-0.2, 0) is 14.3 Å². The minimum absolute atomic E-state index is 0. The average molecular weight is 336 g/mol. The molecule has 0 aliphatic carbocycles. The summed E-state index contributed by atoms with van der Waals surface area (Å²) in [5.74, 6) is -0.0525. The summed E-state index contributed by atoms with van der Waals surface area (Å²) < 4.78 is 12.3. The number of imidazole rings is 1. The van der Waals surface area contributed by atoms with Gasteiger partial charge in [-0.3, -0.25) is 14.7 Å². The summed E-state index contributed by atoms with van der Waals surface area (Å²) >= 11 is 0. The van der Waals surface area contributed by atoms with Gasteiger partial charge >= 0.3 is 0 Å². The van der Waals surface area contributed by atoms with E-state index in [0.717, 1.165) is 0 Å². The number of hydrogen-bond acceptors (Lipinski definition) is 3. The van der Waals surface area contributed by atoms with Crippen molar-refractivity contribution in [3.63, 3.8) is 0 Å². The number of nitrogens with zero attached hydrogens (tertiary/aromatic N) is 2. The van der Waals surface area contributed by atoms with Gasteiger partial charge in [-0.15, -0.1) is 0 Å². The highest BCUT2D eigenvalue weighted by atomic mass is 79.9. The number of aromatic nitrogens is 2. The molecule has 19 heavy (non-hydrogen) atoms. The molecular weight excluding hydrogens is 314 g/mol. The average Bonchev–Trinajstić information content (AvgIpc) is 2.91. The van der Waals surface area contributed by atoms with Gasteiger partial charge in [-0.1, -0.05) is 0 Å². The van der Waals surface area contributed by atoms with Gasteiger partial charge in [0.05, 0.1) is 0 Å². The van der Waals surface area contributed by atoms with Crippen LogP contribution in [0.25, 0.3) is 0 Å². The third-order valence-corrected chi connectivity index (χ3v) is 3.09. The van der Waals surface area contributed by atoms with E-state index in [-0.39, 0.29) is 41.4 Å². The summed E-state index contributed by atoms with van der Waals surface area (Å²) in [5, 5.41) is 0. The van der Waals surface area contributed by atoms with E-state index in [9.17, 15) is 4.79 Å². The molecule has 0 spiro atoms. The lowest BCUT2D eigenvalue weighted by molar-refractivity contribution is -0.705. The number of nitrogens with one attached hydrogen (secondary N) is 1. The van der Waals surface area contributed by atoms with E-state index in [0.29, 0.717) is 0 Å². The lowest BCUT2D eigenvalue weighted by atomic mass is 10.2. The van der Waals surface area contributed by atoms with Crippen molar-refractivity contribution in [2.24, 2.45) is 0 Å². The maximum absolute atomic E-state index is 12.5. The zero-order valence-electron chi connectivity index (χ0n) is 12.0. The molecule has 1 amide bonds. The summed E-state index contributed by atoms with van der Waals surface area (Å²) in [7, 11) is 3.14. The fourth-order valence-corrected chi connectivity index (χ4v) is 1.77. The Morgan fingerprint density at radius 1 is 1.21 bits per heavy atom.